The smallest absolute Gasteiger partial charge is 0.264 e. The highest BCUT2D eigenvalue weighted by molar-refractivity contribution is 7.92. The molecule has 13 heteroatoms. The molecule has 0 spiro atoms. The number of hydrogen-bond acceptors (Lipinski definition) is 7. The van der Waals surface area contributed by atoms with E-state index in [9.17, 15) is 26.0 Å². The summed E-state index contributed by atoms with van der Waals surface area (Å²) in [6, 6.07) is 16.1. The van der Waals surface area contributed by atoms with Gasteiger partial charge in [0.05, 0.1) is 35.3 Å². The zero-order chi connectivity index (χ0) is 28.0. The molecule has 0 radical (unpaired) electrons. The van der Waals surface area contributed by atoms with E-state index in [0.29, 0.717) is 25.6 Å². The van der Waals surface area contributed by atoms with E-state index < -0.39 is 38.3 Å². The second kappa shape index (κ2) is 12.1. The minimum Gasteiger partial charge on any atom is -0.494 e. The van der Waals surface area contributed by atoms with Crippen LogP contribution in [0.1, 0.15) is 6.92 Å². The molecule has 10 nitrogen and oxygen atoms in total. The van der Waals surface area contributed by atoms with E-state index in [1.165, 1.54) is 65.0 Å². The first-order valence-electron chi connectivity index (χ1n) is 12.1. The summed E-state index contributed by atoms with van der Waals surface area (Å²) in [5.41, 5.74) is 0.367. The summed E-state index contributed by atoms with van der Waals surface area (Å²) in [6.45, 7) is 2.74. The number of carbonyl (C=O) groups excluding carboxylic acids is 1. The van der Waals surface area contributed by atoms with Gasteiger partial charge in [0.15, 0.2) is 0 Å². The minimum absolute atomic E-state index is 0.0633. The highest BCUT2D eigenvalue weighted by Crippen LogP contribution is 2.26. The molecule has 1 amide bonds. The van der Waals surface area contributed by atoms with Crippen LogP contribution >= 0.6 is 0 Å². The van der Waals surface area contributed by atoms with Gasteiger partial charge in [-0.1, -0.05) is 0 Å². The fourth-order valence-electron chi connectivity index (χ4n) is 3.90. The standard InChI is InChI=1S/C26H28FN3O7S2/c1-2-37-23-9-13-25(14-10-23)39(34,35)30(22-7-3-20(27)4-8-22)19-26(31)28-21-5-11-24(12-6-21)38(32,33)29-15-17-36-18-16-29/h3-14H,2,15-19H2,1H3,(H,28,31). The van der Waals surface area contributed by atoms with Gasteiger partial charge in [-0.2, -0.15) is 4.31 Å². The van der Waals surface area contributed by atoms with E-state index >= 15 is 0 Å². The van der Waals surface area contributed by atoms with Crippen molar-refractivity contribution in [3.8, 4) is 5.75 Å². The molecule has 3 aromatic carbocycles. The number of carbonyl (C=O) groups is 1. The first-order chi connectivity index (χ1) is 18.6. The lowest BCUT2D eigenvalue weighted by molar-refractivity contribution is -0.114. The number of hydrogen-bond donors (Lipinski definition) is 1. The number of sulfonamides is 2. The van der Waals surface area contributed by atoms with Crippen molar-refractivity contribution in [2.24, 2.45) is 0 Å². The van der Waals surface area contributed by atoms with E-state index in [1.807, 2.05) is 0 Å². The minimum atomic E-state index is -4.23. The molecule has 1 N–H and O–H groups in total. The zero-order valence-corrected chi connectivity index (χ0v) is 22.8. The number of nitrogens with one attached hydrogen (secondary N) is 1. The van der Waals surface area contributed by atoms with Gasteiger partial charge in [-0.15, -0.1) is 0 Å². The summed E-state index contributed by atoms with van der Waals surface area (Å²) < 4.78 is 79.0. The van der Waals surface area contributed by atoms with Crippen LogP contribution in [0.25, 0.3) is 0 Å². The van der Waals surface area contributed by atoms with Gasteiger partial charge in [0.2, 0.25) is 15.9 Å². The second-order valence-corrected chi connectivity index (χ2v) is 12.3. The van der Waals surface area contributed by atoms with Crippen LogP contribution in [-0.4, -0.2) is 66.5 Å². The van der Waals surface area contributed by atoms with Gasteiger partial charge in [0, 0.05) is 18.8 Å². The van der Waals surface area contributed by atoms with Gasteiger partial charge in [-0.05, 0) is 79.7 Å². The molecule has 0 bridgehead atoms. The summed E-state index contributed by atoms with van der Waals surface area (Å²) in [4.78, 5) is 12.9. The number of amides is 1. The fraction of sp³-hybridized carbons (Fsp3) is 0.269. The predicted molar refractivity (Wildman–Crippen MR) is 143 cm³/mol. The molecule has 4 rings (SSSR count). The first-order valence-corrected chi connectivity index (χ1v) is 15.0. The van der Waals surface area contributed by atoms with E-state index in [0.717, 1.165) is 16.4 Å². The average Bonchev–Trinajstić information content (AvgIpc) is 2.93. The van der Waals surface area contributed by atoms with Crippen LogP contribution in [0.2, 0.25) is 0 Å². The largest absolute Gasteiger partial charge is 0.494 e. The molecule has 208 valence electrons. The first kappa shape index (κ1) is 28.5. The number of morpholine rings is 1. The molecule has 1 aliphatic heterocycles. The van der Waals surface area contributed by atoms with Gasteiger partial charge in [-0.3, -0.25) is 9.10 Å². The van der Waals surface area contributed by atoms with Crippen molar-refractivity contribution < 1.29 is 35.5 Å². The van der Waals surface area contributed by atoms with Crippen molar-refractivity contribution in [1.82, 2.24) is 4.31 Å². The monoisotopic (exact) mass is 577 g/mol. The molecule has 1 heterocycles. The Kier molecular flexibility index (Phi) is 8.85. The Bertz CT molecular complexity index is 1490. The van der Waals surface area contributed by atoms with Gasteiger partial charge in [0.1, 0.15) is 18.1 Å². The van der Waals surface area contributed by atoms with Gasteiger partial charge in [-0.25, -0.2) is 21.2 Å². The van der Waals surface area contributed by atoms with Gasteiger partial charge < -0.3 is 14.8 Å². The van der Waals surface area contributed by atoms with Crippen molar-refractivity contribution in [1.29, 1.82) is 0 Å². The quantitative estimate of drug-likeness (QED) is 0.393. The van der Waals surface area contributed by atoms with Crippen molar-refractivity contribution in [2.45, 2.75) is 16.7 Å². The lowest BCUT2D eigenvalue weighted by Crippen LogP contribution is -2.40. The molecule has 0 aromatic heterocycles. The van der Waals surface area contributed by atoms with Crippen molar-refractivity contribution in [3.05, 3.63) is 78.6 Å². The normalized spacial score (nSPS) is 14.5. The SMILES string of the molecule is CCOc1ccc(S(=O)(=O)N(CC(=O)Nc2ccc(S(=O)(=O)N3CCOCC3)cc2)c2ccc(F)cc2)cc1. The Labute approximate surface area is 227 Å². The van der Waals surface area contributed by atoms with Crippen LogP contribution in [0.5, 0.6) is 5.75 Å². The number of ether oxygens (including phenoxy) is 2. The summed E-state index contributed by atoms with van der Waals surface area (Å²) >= 11 is 0. The van der Waals surface area contributed by atoms with Crippen LogP contribution in [0.4, 0.5) is 15.8 Å². The van der Waals surface area contributed by atoms with Crippen LogP contribution in [0, 0.1) is 5.82 Å². The van der Waals surface area contributed by atoms with Crippen LogP contribution < -0.4 is 14.4 Å². The zero-order valence-electron chi connectivity index (χ0n) is 21.1. The molecule has 0 saturated carbocycles. The van der Waals surface area contributed by atoms with Crippen molar-refractivity contribution >= 4 is 37.3 Å². The third-order valence-corrected chi connectivity index (χ3v) is 9.57. The Morgan fingerprint density at radius 1 is 0.923 bits per heavy atom. The maximum Gasteiger partial charge on any atom is 0.264 e. The molecule has 1 fully saturated rings. The van der Waals surface area contributed by atoms with E-state index in [1.54, 1.807) is 6.92 Å². The highest BCUT2D eigenvalue weighted by atomic mass is 32.2. The molecule has 0 unspecified atom stereocenters. The second-order valence-electron chi connectivity index (χ2n) is 8.48. The van der Waals surface area contributed by atoms with Crippen molar-refractivity contribution in [3.63, 3.8) is 0 Å². The number of anilines is 2. The maximum absolute atomic E-state index is 13.6. The number of benzene rings is 3. The lowest BCUT2D eigenvalue weighted by Gasteiger charge is -2.26. The average molecular weight is 578 g/mol. The molecular formula is C26H28FN3O7S2. The summed E-state index contributed by atoms with van der Waals surface area (Å²) in [7, 11) is -7.93. The molecule has 1 saturated heterocycles. The summed E-state index contributed by atoms with van der Waals surface area (Å²) in [5.74, 6) is -0.757. The van der Waals surface area contributed by atoms with Gasteiger partial charge in [0.25, 0.3) is 10.0 Å². The lowest BCUT2D eigenvalue weighted by atomic mass is 10.3. The number of halogens is 1. The van der Waals surface area contributed by atoms with Crippen LogP contribution in [0.3, 0.4) is 0 Å². The fourth-order valence-corrected chi connectivity index (χ4v) is 6.73. The van der Waals surface area contributed by atoms with Gasteiger partial charge >= 0.3 is 0 Å². The van der Waals surface area contributed by atoms with Crippen LogP contribution in [0.15, 0.2) is 82.6 Å². The van der Waals surface area contributed by atoms with E-state index in [-0.39, 0.29) is 34.3 Å². The Morgan fingerprint density at radius 3 is 2.10 bits per heavy atom. The molecule has 0 atom stereocenters. The van der Waals surface area contributed by atoms with Crippen LogP contribution in [-0.2, 0) is 29.6 Å². The maximum atomic E-state index is 13.6. The Hall–Kier alpha value is -3.52. The molecule has 3 aromatic rings. The molecular weight excluding hydrogens is 549 g/mol. The number of rotatable bonds is 10. The molecule has 1 aliphatic rings. The van der Waals surface area contributed by atoms with Crippen molar-refractivity contribution in [2.75, 3.05) is 49.1 Å². The molecule has 39 heavy (non-hydrogen) atoms. The Balaban J connectivity index is 1.53. The third-order valence-electron chi connectivity index (χ3n) is 5.87. The van der Waals surface area contributed by atoms with E-state index in [2.05, 4.69) is 5.32 Å². The van der Waals surface area contributed by atoms with E-state index in [4.69, 9.17) is 9.47 Å². The topological polar surface area (TPSA) is 122 Å². The molecule has 0 aliphatic carbocycles. The highest BCUT2D eigenvalue weighted by Gasteiger charge is 2.28. The predicted octanol–water partition coefficient (Wildman–Crippen LogP) is 3.08. The summed E-state index contributed by atoms with van der Waals surface area (Å²) in [5, 5.41) is 2.59. The number of nitrogens with zero attached hydrogens (tertiary/aromatic N) is 2. The third kappa shape index (κ3) is 6.74. The Morgan fingerprint density at radius 2 is 1.51 bits per heavy atom. The summed E-state index contributed by atoms with van der Waals surface area (Å²) in [6.07, 6.45) is 0.